The van der Waals surface area contributed by atoms with Gasteiger partial charge in [-0.15, -0.1) is 10.2 Å². The highest BCUT2D eigenvalue weighted by molar-refractivity contribution is 5.92. The molecule has 26 heavy (non-hydrogen) atoms. The number of benzene rings is 1. The van der Waals surface area contributed by atoms with Gasteiger partial charge in [-0.2, -0.15) is 0 Å². The SMILES string of the molecule is CC(=O)N1CCN(C(=O)c2ccc(N3CCc4ccccc43)nn2)CC1. The molecule has 0 aliphatic carbocycles. The molecule has 0 atom stereocenters. The second kappa shape index (κ2) is 6.74. The Morgan fingerprint density at radius 2 is 1.62 bits per heavy atom. The van der Waals surface area contributed by atoms with Gasteiger partial charge in [-0.1, -0.05) is 18.2 Å². The van der Waals surface area contributed by atoms with Gasteiger partial charge in [-0.3, -0.25) is 9.59 Å². The van der Waals surface area contributed by atoms with Crippen molar-refractivity contribution in [3.05, 3.63) is 47.7 Å². The van der Waals surface area contributed by atoms with Crippen molar-refractivity contribution in [2.45, 2.75) is 13.3 Å². The molecule has 0 unspecified atom stereocenters. The number of amides is 2. The number of para-hydroxylation sites is 1. The van der Waals surface area contributed by atoms with Crippen LogP contribution < -0.4 is 4.90 Å². The van der Waals surface area contributed by atoms with E-state index in [1.165, 1.54) is 5.56 Å². The molecule has 7 heteroatoms. The fourth-order valence-corrected chi connectivity index (χ4v) is 3.55. The fourth-order valence-electron chi connectivity index (χ4n) is 3.55. The molecule has 1 saturated heterocycles. The van der Waals surface area contributed by atoms with Gasteiger partial charge in [0.15, 0.2) is 11.5 Å². The Morgan fingerprint density at radius 1 is 0.885 bits per heavy atom. The summed E-state index contributed by atoms with van der Waals surface area (Å²) in [6, 6.07) is 11.9. The smallest absolute Gasteiger partial charge is 0.274 e. The summed E-state index contributed by atoms with van der Waals surface area (Å²) in [6.45, 7) is 4.61. The third kappa shape index (κ3) is 3.00. The van der Waals surface area contributed by atoms with Crippen LogP contribution in [-0.4, -0.2) is 64.5 Å². The molecule has 2 aromatic rings. The quantitative estimate of drug-likeness (QED) is 0.820. The van der Waals surface area contributed by atoms with Gasteiger partial charge in [0, 0.05) is 45.3 Å². The van der Waals surface area contributed by atoms with Crippen molar-refractivity contribution in [3.63, 3.8) is 0 Å². The number of rotatable bonds is 2. The summed E-state index contributed by atoms with van der Waals surface area (Å²) in [7, 11) is 0. The number of hydrogen-bond acceptors (Lipinski definition) is 5. The van der Waals surface area contributed by atoms with Crippen molar-refractivity contribution >= 4 is 23.3 Å². The molecule has 4 rings (SSSR count). The van der Waals surface area contributed by atoms with E-state index in [2.05, 4.69) is 27.2 Å². The second-order valence-corrected chi connectivity index (χ2v) is 6.61. The molecule has 1 fully saturated rings. The van der Waals surface area contributed by atoms with E-state index in [-0.39, 0.29) is 11.8 Å². The molecule has 3 heterocycles. The molecule has 2 amide bonds. The molecule has 0 radical (unpaired) electrons. The van der Waals surface area contributed by atoms with E-state index in [1.807, 2.05) is 18.2 Å². The van der Waals surface area contributed by atoms with Crippen LogP contribution in [0, 0.1) is 0 Å². The van der Waals surface area contributed by atoms with Gasteiger partial charge in [-0.05, 0) is 30.2 Å². The lowest BCUT2D eigenvalue weighted by Gasteiger charge is -2.33. The maximum atomic E-state index is 12.6. The fraction of sp³-hybridized carbons (Fsp3) is 0.368. The van der Waals surface area contributed by atoms with E-state index in [9.17, 15) is 9.59 Å². The van der Waals surface area contributed by atoms with Crippen LogP contribution in [0.1, 0.15) is 23.0 Å². The lowest BCUT2D eigenvalue weighted by atomic mass is 10.2. The topological polar surface area (TPSA) is 69.6 Å². The monoisotopic (exact) mass is 351 g/mol. The Labute approximate surface area is 152 Å². The molecule has 2 aliphatic rings. The normalized spacial score (nSPS) is 16.6. The van der Waals surface area contributed by atoms with E-state index in [0.29, 0.717) is 31.9 Å². The van der Waals surface area contributed by atoms with E-state index in [0.717, 1.165) is 24.5 Å². The zero-order chi connectivity index (χ0) is 18.1. The zero-order valence-electron chi connectivity index (χ0n) is 14.8. The van der Waals surface area contributed by atoms with Crippen molar-refractivity contribution in [2.75, 3.05) is 37.6 Å². The number of fused-ring (bicyclic) bond motifs is 1. The summed E-state index contributed by atoms with van der Waals surface area (Å²) in [5.74, 6) is 0.675. The first-order chi connectivity index (χ1) is 12.6. The van der Waals surface area contributed by atoms with Crippen LogP contribution in [0.3, 0.4) is 0 Å². The molecule has 134 valence electrons. The van der Waals surface area contributed by atoms with Crippen LogP contribution >= 0.6 is 0 Å². The van der Waals surface area contributed by atoms with Crippen molar-refractivity contribution in [1.82, 2.24) is 20.0 Å². The van der Waals surface area contributed by atoms with Gasteiger partial charge in [0.1, 0.15) is 0 Å². The minimum atomic E-state index is -0.130. The summed E-state index contributed by atoms with van der Waals surface area (Å²) in [5, 5.41) is 8.44. The summed E-state index contributed by atoms with van der Waals surface area (Å²) in [4.78, 5) is 29.6. The van der Waals surface area contributed by atoms with Gasteiger partial charge in [0.2, 0.25) is 5.91 Å². The number of nitrogens with zero attached hydrogens (tertiary/aromatic N) is 5. The van der Waals surface area contributed by atoms with Crippen LogP contribution in [-0.2, 0) is 11.2 Å². The zero-order valence-corrected chi connectivity index (χ0v) is 14.8. The average molecular weight is 351 g/mol. The standard InChI is InChI=1S/C19H21N5O2/c1-14(25)22-10-12-23(13-11-22)19(26)16-6-7-18(21-20-16)24-9-8-15-4-2-3-5-17(15)24/h2-7H,8-13H2,1H3. The van der Waals surface area contributed by atoms with E-state index in [1.54, 1.807) is 22.8 Å². The Morgan fingerprint density at radius 3 is 2.31 bits per heavy atom. The Balaban J connectivity index is 1.45. The Hall–Kier alpha value is -2.96. The second-order valence-electron chi connectivity index (χ2n) is 6.61. The maximum Gasteiger partial charge on any atom is 0.274 e. The number of anilines is 2. The van der Waals surface area contributed by atoms with Crippen LogP contribution in [0.25, 0.3) is 0 Å². The molecule has 0 bridgehead atoms. The summed E-state index contributed by atoms with van der Waals surface area (Å²) in [5.41, 5.74) is 2.80. The van der Waals surface area contributed by atoms with Crippen molar-refractivity contribution < 1.29 is 9.59 Å². The predicted molar refractivity (Wildman–Crippen MR) is 97.3 cm³/mol. The molecule has 2 aliphatic heterocycles. The largest absolute Gasteiger partial charge is 0.339 e. The lowest BCUT2D eigenvalue weighted by molar-refractivity contribution is -0.130. The van der Waals surface area contributed by atoms with Crippen molar-refractivity contribution in [1.29, 1.82) is 0 Å². The van der Waals surface area contributed by atoms with Gasteiger partial charge >= 0.3 is 0 Å². The third-order valence-corrected chi connectivity index (χ3v) is 5.05. The minimum absolute atomic E-state index is 0.0483. The molecule has 1 aromatic carbocycles. The number of aromatic nitrogens is 2. The highest BCUT2D eigenvalue weighted by atomic mass is 16.2. The molecule has 0 N–H and O–H groups in total. The maximum absolute atomic E-state index is 12.6. The van der Waals surface area contributed by atoms with Crippen LogP contribution in [0.15, 0.2) is 36.4 Å². The number of carbonyl (C=O) groups excluding carboxylic acids is 2. The Kier molecular flexibility index (Phi) is 4.28. The summed E-state index contributed by atoms with van der Waals surface area (Å²) < 4.78 is 0. The molecule has 1 aromatic heterocycles. The van der Waals surface area contributed by atoms with Crippen LogP contribution in [0.4, 0.5) is 11.5 Å². The lowest BCUT2D eigenvalue weighted by Crippen LogP contribution is -2.50. The highest BCUT2D eigenvalue weighted by Gasteiger charge is 2.25. The van der Waals surface area contributed by atoms with Crippen LogP contribution in [0.5, 0.6) is 0 Å². The highest BCUT2D eigenvalue weighted by Crippen LogP contribution is 2.32. The summed E-state index contributed by atoms with van der Waals surface area (Å²) >= 11 is 0. The molecule has 0 saturated carbocycles. The molecule has 7 nitrogen and oxygen atoms in total. The van der Waals surface area contributed by atoms with E-state index < -0.39 is 0 Å². The molecular weight excluding hydrogens is 330 g/mol. The number of carbonyl (C=O) groups is 2. The van der Waals surface area contributed by atoms with Gasteiger partial charge < -0.3 is 14.7 Å². The molecule has 0 spiro atoms. The first-order valence-corrected chi connectivity index (χ1v) is 8.87. The van der Waals surface area contributed by atoms with Gasteiger partial charge in [0.25, 0.3) is 5.91 Å². The van der Waals surface area contributed by atoms with Gasteiger partial charge in [-0.25, -0.2) is 0 Å². The third-order valence-electron chi connectivity index (χ3n) is 5.05. The van der Waals surface area contributed by atoms with E-state index in [4.69, 9.17) is 0 Å². The number of piperazine rings is 1. The van der Waals surface area contributed by atoms with Crippen LogP contribution in [0.2, 0.25) is 0 Å². The predicted octanol–water partition coefficient (Wildman–Crippen LogP) is 1.48. The summed E-state index contributed by atoms with van der Waals surface area (Å²) in [6.07, 6.45) is 0.985. The Bertz CT molecular complexity index is 828. The first kappa shape index (κ1) is 16.5. The van der Waals surface area contributed by atoms with Crippen molar-refractivity contribution in [3.8, 4) is 0 Å². The minimum Gasteiger partial charge on any atom is -0.339 e. The first-order valence-electron chi connectivity index (χ1n) is 8.87. The van der Waals surface area contributed by atoms with Gasteiger partial charge in [0.05, 0.1) is 0 Å². The number of hydrogen-bond donors (Lipinski definition) is 0. The average Bonchev–Trinajstić information content (AvgIpc) is 3.12. The molecular formula is C19H21N5O2. The van der Waals surface area contributed by atoms with E-state index >= 15 is 0 Å². The van der Waals surface area contributed by atoms with Crippen molar-refractivity contribution in [2.24, 2.45) is 0 Å².